The van der Waals surface area contributed by atoms with E-state index in [1.807, 2.05) is 13.8 Å². The fraction of sp³-hybridized carbons (Fsp3) is 0.800. The molecule has 1 fully saturated rings. The van der Waals surface area contributed by atoms with Gasteiger partial charge in [-0.1, -0.05) is 13.8 Å². The number of rotatable bonds is 3. The van der Waals surface area contributed by atoms with Crippen molar-refractivity contribution < 1.29 is 9.59 Å². The van der Waals surface area contributed by atoms with Gasteiger partial charge in [0.25, 0.3) is 0 Å². The van der Waals surface area contributed by atoms with Crippen LogP contribution in [-0.4, -0.2) is 11.6 Å². The maximum atomic E-state index is 11.3. The van der Waals surface area contributed by atoms with Crippen LogP contribution in [0.2, 0.25) is 0 Å². The van der Waals surface area contributed by atoms with Crippen molar-refractivity contribution in [2.75, 3.05) is 0 Å². The van der Waals surface area contributed by atoms with Crippen LogP contribution in [0, 0.1) is 17.3 Å². The molecule has 1 aliphatic rings. The zero-order valence-corrected chi connectivity index (χ0v) is 8.18. The molecule has 0 aromatic heterocycles. The van der Waals surface area contributed by atoms with E-state index in [-0.39, 0.29) is 22.9 Å². The van der Waals surface area contributed by atoms with Gasteiger partial charge >= 0.3 is 0 Å². The molecule has 0 spiro atoms. The molecule has 1 rings (SSSR count). The summed E-state index contributed by atoms with van der Waals surface area (Å²) in [4.78, 5) is 22.4. The first-order chi connectivity index (χ1) is 5.43. The lowest BCUT2D eigenvalue weighted by Crippen LogP contribution is -2.23. The van der Waals surface area contributed by atoms with Gasteiger partial charge in [0.15, 0.2) is 0 Å². The minimum atomic E-state index is -0.300. The molecule has 2 unspecified atom stereocenters. The van der Waals surface area contributed by atoms with E-state index in [4.69, 9.17) is 0 Å². The minimum Gasteiger partial charge on any atom is -0.300 e. The molecule has 2 heteroatoms. The zero-order valence-electron chi connectivity index (χ0n) is 8.18. The quantitative estimate of drug-likeness (QED) is 0.644. The summed E-state index contributed by atoms with van der Waals surface area (Å²) >= 11 is 0. The number of hydrogen-bond acceptors (Lipinski definition) is 2. The molecule has 0 N–H and O–H groups in total. The summed E-state index contributed by atoms with van der Waals surface area (Å²) in [5.74, 6) is 0.649. The highest BCUT2D eigenvalue weighted by Gasteiger charge is 2.61. The van der Waals surface area contributed by atoms with Gasteiger partial charge in [-0.25, -0.2) is 0 Å². The Morgan fingerprint density at radius 1 is 1.33 bits per heavy atom. The third-order valence-electron chi connectivity index (χ3n) is 3.18. The van der Waals surface area contributed by atoms with Crippen molar-refractivity contribution in [1.82, 2.24) is 0 Å². The Morgan fingerprint density at radius 3 is 1.92 bits per heavy atom. The van der Waals surface area contributed by atoms with Crippen LogP contribution in [0.25, 0.3) is 0 Å². The Labute approximate surface area is 73.3 Å². The van der Waals surface area contributed by atoms with Crippen LogP contribution >= 0.6 is 0 Å². The van der Waals surface area contributed by atoms with Gasteiger partial charge in [-0.3, -0.25) is 9.59 Å². The van der Waals surface area contributed by atoms with Crippen molar-refractivity contribution in [3.63, 3.8) is 0 Å². The standard InChI is InChI=1S/C10H16O2/c1-6(2)10(8(4)12)5-9(10)7(3)11/h6,9H,5H2,1-4H3. The first-order valence-corrected chi connectivity index (χ1v) is 4.44. The SMILES string of the molecule is CC(=O)C1CC1(C(C)=O)C(C)C. The van der Waals surface area contributed by atoms with Gasteiger partial charge in [-0.15, -0.1) is 0 Å². The van der Waals surface area contributed by atoms with Crippen molar-refractivity contribution >= 4 is 11.6 Å². The Morgan fingerprint density at radius 2 is 1.83 bits per heavy atom. The highest BCUT2D eigenvalue weighted by molar-refractivity contribution is 5.95. The maximum absolute atomic E-state index is 11.3. The number of ketones is 2. The minimum absolute atomic E-state index is 0.00926. The third kappa shape index (κ3) is 1.10. The molecule has 1 saturated carbocycles. The largest absolute Gasteiger partial charge is 0.300 e. The molecule has 0 aliphatic heterocycles. The lowest BCUT2D eigenvalue weighted by molar-refractivity contribution is -0.128. The van der Waals surface area contributed by atoms with Crippen LogP contribution in [0.4, 0.5) is 0 Å². The normalized spacial score (nSPS) is 33.6. The van der Waals surface area contributed by atoms with Crippen molar-refractivity contribution in [3.05, 3.63) is 0 Å². The monoisotopic (exact) mass is 168 g/mol. The van der Waals surface area contributed by atoms with Crippen molar-refractivity contribution in [3.8, 4) is 0 Å². The van der Waals surface area contributed by atoms with Crippen LogP contribution in [-0.2, 0) is 9.59 Å². The van der Waals surface area contributed by atoms with Gasteiger partial charge in [0.2, 0.25) is 0 Å². The second kappa shape index (κ2) is 2.68. The van der Waals surface area contributed by atoms with Gasteiger partial charge in [0.05, 0.1) is 0 Å². The Kier molecular flexibility index (Phi) is 2.11. The number of hydrogen-bond donors (Lipinski definition) is 0. The molecule has 0 bridgehead atoms. The van der Waals surface area contributed by atoms with E-state index < -0.39 is 0 Å². The fourth-order valence-electron chi connectivity index (χ4n) is 2.22. The Hall–Kier alpha value is -0.660. The lowest BCUT2D eigenvalue weighted by Gasteiger charge is -2.17. The van der Waals surface area contributed by atoms with Gasteiger partial charge in [0.1, 0.15) is 11.6 Å². The summed E-state index contributed by atoms with van der Waals surface area (Å²) in [7, 11) is 0. The van der Waals surface area contributed by atoms with E-state index >= 15 is 0 Å². The van der Waals surface area contributed by atoms with E-state index in [2.05, 4.69) is 0 Å². The van der Waals surface area contributed by atoms with E-state index in [1.54, 1.807) is 13.8 Å². The Bertz CT molecular complexity index is 230. The highest BCUT2D eigenvalue weighted by Crippen LogP contribution is 2.58. The molecule has 0 radical (unpaired) electrons. The highest BCUT2D eigenvalue weighted by atomic mass is 16.1. The second-order valence-corrected chi connectivity index (χ2v) is 4.12. The van der Waals surface area contributed by atoms with Crippen molar-refractivity contribution in [1.29, 1.82) is 0 Å². The zero-order chi connectivity index (χ0) is 9.52. The van der Waals surface area contributed by atoms with Crippen LogP contribution in [0.15, 0.2) is 0 Å². The maximum Gasteiger partial charge on any atom is 0.136 e. The van der Waals surface area contributed by atoms with E-state index in [0.29, 0.717) is 5.92 Å². The summed E-state index contributed by atoms with van der Waals surface area (Å²) in [5, 5.41) is 0. The Balaban J connectivity index is 2.83. The molecule has 0 heterocycles. The first kappa shape index (κ1) is 9.43. The molecular weight excluding hydrogens is 152 g/mol. The van der Waals surface area contributed by atoms with Gasteiger partial charge < -0.3 is 0 Å². The van der Waals surface area contributed by atoms with Gasteiger partial charge in [-0.05, 0) is 26.2 Å². The molecular formula is C10H16O2. The first-order valence-electron chi connectivity index (χ1n) is 4.44. The molecule has 1 aliphatic carbocycles. The molecule has 68 valence electrons. The van der Waals surface area contributed by atoms with E-state index in [0.717, 1.165) is 6.42 Å². The molecule has 2 atom stereocenters. The van der Waals surface area contributed by atoms with Crippen LogP contribution < -0.4 is 0 Å². The molecule has 0 amide bonds. The van der Waals surface area contributed by atoms with E-state index in [9.17, 15) is 9.59 Å². The predicted molar refractivity (Wildman–Crippen MR) is 46.7 cm³/mol. The number of carbonyl (C=O) groups excluding carboxylic acids is 2. The van der Waals surface area contributed by atoms with E-state index in [1.165, 1.54) is 0 Å². The molecule has 0 aromatic rings. The van der Waals surface area contributed by atoms with Crippen LogP contribution in [0.3, 0.4) is 0 Å². The average molecular weight is 168 g/mol. The number of carbonyl (C=O) groups is 2. The fourth-order valence-corrected chi connectivity index (χ4v) is 2.22. The lowest BCUT2D eigenvalue weighted by atomic mass is 9.85. The predicted octanol–water partition coefficient (Wildman–Crippen LogP) is 1.83. The molecule has 0 saturated heterocycles. The van der Waals surface area contributed by atoms with Crippen LogP contribution in [0.1, 0.15) is 34.1 Å². The summed E-state index contributed by atoms with van der Waals surface area (Å²) in [6.07, 6.45) is 0.773. The summed E-state index contributed by atoms with van der Waals surface area (Å²) in [5.41, 5.74) is -0.300. The third-order valence-corrected chi connectivity index (χ3v) is 3.18. The molecule has 2 nitrogen and oxygen atoms in total. The topological polar surface area (TPSA) is 34.1 Å². The van der Waals surface area contributed by atoms with Crippen molar-refractivity contribution in [2.45, 2.75) is 34.1 Å². The smallest absolute Gasteiger partial charge is 0.136 e. The summed E-state index contributed by atoms with van der Waals surface area (Å²) < 4.78 is 0. The number of Topliss-reactive ketones (excluding diaryl/α,β-unsaturated/α-hetero) is 2. The molecule has 0 aromatic carbocycles. The van der Waals surface area contributed by atoms with Gasteiger partial charge in [-0.2, -0.15) is 0 Å². The second-order valence-electron chi connectivity index (χ2n) is 4.12. The summed E-state index contributed by atoms with van der Waals surface area (Å²) in [6.45, 7) is 7.22. The summed E-state index contributed by atoms with van der Waals surface area (Å²) in [6, 6.07) is 0. The average Bonchev–Trinajstić information content (AvgIpc) is 2.60. The van der Waals surface area contributed by atoms with Crippen LogP contribution in [0.5, 0.6) is 0 Å². The van der Waals surface area contributed by atoms with Gasteiger partial charge in [0, 0.05) is 11.3 Å². The van der Waals surface area contributed by atoms with Crippen molar-refractivity contribution in [2.24, 2.45) is 17.3 Å². The molecule has 12 heavy (non-hydrogen) atoms.